The normalized spacial score (nSPS) is 10.8. The maximum atomic E-state index is 11.9. The van der Waals surface area contributed by atoms with Crippen LogP contribution >= 0.6 is 0 Å². The SMILES string of the molecule is Cc1cnc(CNc2cc3ccccc3c(=O)[nH]2)o1. The number of pyridine rings is 1. The number of aromatic nitrogens is 2. The van der Waals surface area contributed by atoms with Gasteiger partial charge in [0.2, 0.25) is 5.89 Å². The van der Waals surface area contributed by atoms with Crippen LogP contribution in [-0.2, 0) is 6.54 Å². The van der Waals surface area contributed by atoms with Crippen LogP contribution in [0.5, 0.6) is 0 Å². The van der Waals surface area contributed by atoms with Crippen LogP contribution in [-0.4, -0.2) is 9.97 Å². The number of hydrogen-bond acceptors (Lipinski definition) is 4. The summed E-state index contributed by atoms with van der Waals surface area (Å²) in [6, 6.07) is 9.36. The Morgan fingerprint density at radius 2 is 2.21 bits per heavy atom. The van der Waals surface area contributed by atoms with Crippen LogP contribution in [0.15, 0.2) is 45.7 Å². The van der Waals surface area contributed by atoms with E-state index in [0.29, 0.717) is 23.6 Å². The van der Waals surface area contributed by atoms with Crippen molar-refractivity contribution < 1.29 is 4.42 Å². The van der Waals surface area contributed by atoms with Crippen LogP contribution < -0.4 is 10.9 Å². The van der Waals surface area contributed by atoms with E-state index in [1.807, 2.05) is 31.2 Å². The molecule has 2 N–H and O–H groups in total. The van der Waals surface area contributed by atoms with E-state index in [9.17, 15) is 4.79 Å². The van der Waals surface area contributed by atoms with Gasteiger partial charge in [0.1, 0.15) is 11.6 Å². The Hall–Kier alpha value is -2.56. The molecule has 19 heavy (non-hydrogen) atoms. The van der Waals surface area contributed by atoms with E-state index in [4.69, 9.17) is 4.42 Å². The molecule has 3 aromatic rings. The molecular formula is C14H13N3O2. The van der Waals surface area contributed by atoms with Crippen LogP contribution in [0, 0.1) is 6.92 Å². The smallest absolute Gasteiger partial charge is 0.257 e. The molecule has 0 aliphatic carbocycles. The van der Waals surface area contributed by atoms with Crippen molar-refractivity contribution >= 4 is 16.6 Å². The molecule has 0 fully saturated rings. The summed E-state index contributed by atoms with van der Waals surface area (Å²) in [5.74, 6) is 2.01. The van der Waals surface area contributed by atoms with Crippen LogP contribution in [0.2, 0.25) is 0 Å². The predicted octanol–water partition coefficient (Wildman–Crippen LogP) is 2.44. The highest BCUT2D eigenvalue weighted by molar-refractivity contribution is 5.83. The van der Waals surface area contributed by atoms with Gasteiger partial charge in [-0.3, -0.25) is 4.79 Å². The molecule has 1 aromatic carbocycles. The number of H-pyrrole nitrogens is 1. The van der Waals surface area contributed by atoms with Crippen molar-refractivity contribution in [1.29, 1.82) is 0 Å². The second kappa shape index (κ2) is 4.61. The Kier molecular flexibility index (Phi) is 2.79. The topological polar surface area (TPSA) is 70.9 Å². The molecule has 5 nitrogen and oxygen atoms in total. The summed E-state index contributed by atoms with van der Waals surface area (Å²) in [5, 5.41) is 4.68. The molecule has 0 aliphatic rings. The largest absolute Gasteiger partial charge is 0.444 e. The van der Waals surface area contributed by atoms with Gasteiger partial charge >= 0.3 is 0 Å². The number of oxazole rings is 1. The van der Waals surface area contributed by atoms with E-state index in [0.717, 1.165) is 11.1 Å². The Labute approximate surface area is 109 Å². The van der Waals surface area contributed by atoms with Crippen molar-refractivity contribution in [3.05, 3.63) is 58.5 Å². The van der Waals surface area contributed by atoms with Crippen molar-refractivity contribution in [1.82, 2.24) is 9.97 Å². The summed E-state index contributed by atoms with van der Waals surface area (Å²) in [5.41, 5.74) is -0.107. The molecule has 0 atom stereocenters. The lowest BCUT2D eigenvalue weighted by Crippen LogP contribution is -2.10. The molecule has 2 heterocycles. The lowest BCUT2D eigenvalue weighted by atomic mass is 10.2. The third-order valence-corrected chi connectivity index (χ3v) is 2.85. The Morgan fingerprint density at radius 3 is 3.00 bits per heavy atom. The third kappa shape index (κ3) is 2.35. The van der Waals surface area contributed by atoms with E-state index in [2.05, 4.69) is 15.3 Å². The van der Waals surface area contributed by atoms with Crippen molar-refractivity contribution in [3.8, 4) is 0 Å². The van der Waals surface area contributed by atoms with E-state index < -0.39 is 0 Å². The minimum atomic E-state index is -0.107. The van der Waals surface area contributed by atoms with Gasteiger partial charge in [-0.15, -0.1) is 0 Å². The second-order valence-electron chi connectivity index (χ2n) is 4.32. The van der Waals surface area contributed by atoms with E-state index >= 15 is 0 Å². The fourth-order valence-electron chi connectivity index (χ4n) is 1.96. The molecule has 0 bridgehead atoms. The number of fused-ring (bicyclic) bond motifs is 1. The van der Waals surface area contributed by atoms with Gasteiger partial charge in [-0.25, -0.2) is 4.98 Å². The number of nitrogens with zero attached hydrogens (tertiary/aromatic N) is 1. The number of aromatic amines is 1. The van der Waals surface area contributed by atoms with Gasteiger partial charge in [-0.1, -0.05) is 18.2 Å². The summed E-state index contributed by atoms with van der Waals surface area (Å²) in [7, 11) is 0. The fourth-order valence-corrected chi connectivity index (χ4v) is 1.96. The van der Waals surface area contributed by atoms with Crippen LogP contribution in [0.3, 0.4) is 0 Å². The van der Waals surface area contributed by atoms with Gasteiger partial charge in [-0.2, -0.15) is 0 Å². The van der Waals surface area contributed by atoms with Crippen LogP contribution in [0.1, 0.15) is 11.7 Å². The van der Waals surface area contributed by atoms with Crippen molar-refractivity contribution in [2.45, 2.75) is 13.5 Å². The highest BCUT2D eigenvalue weighted by Gasteiger charge is 2.03. The number of hydrogen-bond donors (Lipinski definition) is 2. The summed E-state index contributed by atoms with van der Waals surface area (Å²) >= 11 is 0. The first kappa shape index (κ1) is 11.5. The second-order valence-corrected chi connectivity index (χ2v) is 4.32. The zero-order chi connectivity index (χ0) is 13.2. The lowest BCUT2D eigenvalue weighted by Gasteiger charge is -2.05. The molecule has 0 saturated heterocycles. The molecule has 0 amide bonds. The minimum Gasteiger partial charge on any atom is -0.444 e. The predicted molar refractivity (Wildman–Crippen MR) is 73.1 cm³/mol. The number of rotatable bonds is 3. The summed E-state index contributed by atoms with van der Waals surface area (Å²) < 4.78 is 5.36. The number of aryl methyl sites for hydroxylation is 1. The van der Waals surface area contributed by atoms with Crippen molar-refractivity contribution in [2.24, 2.45) is 0 Å². The number of nitrogens with one attached hydrogen (secondary N) is 2. The summed E-state index contributed by atoms with van der Waals surface area (Å²) in [4.78, 5) is 18.8. The average Bonchev–Trinajstić information content (AvgIpc) is 2.82. The molecule has 2 aromatic heterocycles. The van der Waals surface area contributed by atoms with Gasteiger partial charge in [0, 0.05) is 5.39 Å². The summed E-state index contributed by atoms with van der Waals surface area (Å²) in [6.45, 7) is 2.27. The van der Waals surface area contributed by atoms with Gasteiger partial charge in [0.25, 0.3) is 5.56 Å². The standard InChI is InChI=1S/C14H13N3O2/c1-9-7-16-13(19-9)8-15-12-6-10-4-2-3-5-11(10)14(18)17-12/h2-7H,8H2,1H3,(H2,15,17,18). The van der Waals surface area contributed by atoms with Crippen molar-refractivity contribution in [2.75, 3.05) is 5.32 Å². The van der Waals surface area contributed by atoms with Crippen LogP contribution in [0.25, 0.3) is 10.8 Å². The third-order valence-electron chi connectivity index (χ3n) is 2.85. The zero-order valence-corrected chi connectivity index (χ0v) is 10.4. The maximum Gasteiger partial charge on any atom is 0.257 e. The van der Waals surface area contributed by atoms with Crippen LogP contribution in [0.4, 0.5) is 5.82 Å². The average molecular weight is 255 g/mol. The zero-order valence-electron chi connectivity index (χ0n) is 10.4. The molecular weight excluding hydrogens is 242 g/mol. The van der Waals surface area contributed by atoms with Gasteiger partial charge in [0.15, 0.2) is 0 Å². The molecule has 3 rings (SSSR count). The minimum absolute atomic E-state index is 0.107. The molecule has 0 radical (unpaired) electrons. The van der Waals surface area contributed by atoms with Gasteiger partial charge in [0.05, 0.1) is 12.7 Å². The molecule has 96 valence electrons. The fraction of sp³-hybridized carbons (Fsp3) is 0.143. The highest BCUT2D eigenvalue weighted by Crippen LogP contribution is 2.13. The maximum absolute atomic E-state index is 11.9. The Bertz CT molecular complexity index is 773. The first-order valence-electron chi connectivity index (χ1n) is 5.99. The first-order chi connectivity index (χ1) is 9.22. The molecule has 0 aliphatic heterocycles. The molecule has 0 unspecified atom stereocenters. The Balaban J connectivity index is 1.87. The molecule has 0 spiro atoms. The van der Waals surface area contributed by atoms with E-state index in [1.165, 1.54) is 0 Å². The van der Waals surface area contributed by atoms with Gasteiger partial charge < -0.3 is 14.7 Å². The van der Waals surface area contributed by atoms with E-state index in [1.54, 1.807) is 12.3 Å². The monoisotopic (exact) mass is 255 g/mol. The summed E-state index contributed by atoms with van der Waals surface area (Å²) in [6.07, 6.45) is 1.67. The Morgan fingerprint density at radius 1 is 1.37 bits per heavy atom. The number of anilines is 1. The lowest BCUT2D eigenvalue weighted by molar-refractivity contribution is 0.479. The highest BCUT2D eigenvalue weighted by atomic mass is 16.4. The first-order valence-corrected chi connectivity index (χ1v) is 5.99. The molecule has 5 heteroatoms. The van der Waals surface area contributed by atoms with Crippen molar-refractivity contribution in [3.63, 3.8) is 0 Å². The molecule has 0 saturated carbocycles. The van der Waals surface area contributed by atoms with E-state index in [-0.39, 0.29) is 5.56 Å². The van der Waals surface area contributed by atoms with Gasteiger partial charge in [-0.05, 0) is 24.4 Å². The quantitative estimate of drug-likeness (QED) is 0.754. The number of benzene rings is 1.